The summed E-state index contributed by atoms with van der Waals surface area (Å²) in [4.78, 5) is 24.8. The van der Waals surface area contributed by atoms with Gasteiger partial charge in [-0.15, -0.1) is 11.3 Å². The molecule has 1 amide bonds. The van der Waals surface area contributed by atoms with E-state index in [4.69, 9.17) is 44.3 Å². The Morgan fingerprint density at radius 1 is 1.00 bits per heavy atom. The number of methoxy groups -OCH3 is 2. The molecule has 1 heterocycles. The summed E-state index contributed by atoms with van der Waals surface area (Å²) in [6, 6.07) is 8.23. The molecule has 0 fully saturated rings. The van der Waals surface area contributed by atoms with E-state index in [1.165, 1.54) is 20.3 Å². The monoisotopic (exact) mass is 485 g/mol. The van der Waals surface area contributed by atoms with Gasteiger partial charge in [-0.1, -0.05) is 46.9 Å². The number of hydrogen-bond acceptors (Lipinski definition) is 5. The summed E-state index contributed by atoms with van der Waals surface area (Å²) >= 11 is 19.5. The van der Waals surface area contributed by atoms with Gasteiger partial charge in [-0.2, -0.15) is 0 Å². The molecule has 0 saturated carbocycles. The van der Waals surface area contributed by atoms with Crippen molar-refractivity contribution in [2.24, 2.45) is 0 Å². The number of anilines is 1. The van der Waals surface area contributed by atoms with Crippen LogP contribution in [0.2, 0.25) is 15.1 Å². The van der Waals surface area contributed by atoms with Crippen molar-refractivity contribution in [2.75, 3.05) is 19.5 Å². The first kappa shape index (κ1) is 22.2. The van der Waals surface area contributed by atoms with Crippen molar-refractivity contribution in [1.82, 2.24) is 0 Å². The second-order valence-corrected chi connectivity index (χ2v) is 7.98. The molecule has 6 nitrogen and oxygen atoms in total. The lowest BCUT2D eigenvalue weighted by atomic mass is 10.0. The molecule has 0 aliphatic carbocycles. The molecule has 2 aromatic carbocycles. The van der Waals surface area contributed by atoms with Gasteiger partial charge in [0.25, 0.3) is 5.91 Å². The Kier molecular flexibility index (Phi) is 6.77. The van der Waals surface area contributed by atoms with Crippen LogP contribution in [-0.4, -0.2) is 31.2 Å². The van der Waals surface area contributed by atoms with Crippen LogP contribution in [0.15, 0.2) is 35.7 Å². The number of amides is 1. The zero-order valence-corrected chi connectivity index (χ0v) is 18.7. The Hall–Kier alpha value is -2.45. The number of ether oxygens (including phenoxy) is 2. The number of aromatic carboxylic acids is 1. The van der Waals surface area contributed by atoms with Crippen LogP contribution in [0.25, 0.3) is 11.1 Å². The average Bonchev–Trinajstić information content (AvgIpc) is 3.11. The van der Waals surface area contributed by atoms with Crippen LogP contribution < -0.4 is 14.8 Å². The quantitative estimate of drug-likeness (QED) is 0.424. The molecule has 0 bridgehead atoms. The number of rotatable bonds is 6. The Balaban J connectivity index is 2.01. The summed E-state index contributed by atoms with van der Waals surface area (Å²) in [6.07, 6.45) is 0. The minimum absolute atomic E-state index is 0.00658. The van der Waals surface area contributed by atoms with Crippen LogP contribution in [0.1, 0.15) is 20.7 Å². The van der Waals surface area contributed by atoms with Crippen molar-refractivity contribution in [3.63, 3.8) is 0 Å². The van der Waals surface area contributed by atoms with E-state index in [9.17, 15) is 14.7 Å². The molecule has 1 aromatic heterocycles. The first-order chi connectivity index (χ1) is 14.3. The number of carbonyl (C=O) groups excluding carboxylic acids is 1. The third-order valence-corrected chi connectivity index (χ3v) is 6.03. The van der Waals surface area contributed by atoms with E-state index in [1.54, 1.807) is 29.6 Å². The predicted molar refractivity (Wildman–Crippen MR) is 119 cm³/mol. The van der Waals surface area contributed by atoms with Gasteiger partial charge in [0.15, 0.2) is 5.75 Å². The highest BCUT2D eigenvalue weighted by atomic mass is 35.5. The number of thiophene rings is 1. The second kappa shape index (κ2) is 9.14. The van der Waals surface area contributed by atoms with Crippen molar-refractivity contribution in [3.05, 3.63) is 61.9 Å². The molecule has 2 N–H and O–H groups in total. The maximum Gasteiger partial charge on any atom is 0.339 e. The minimum Gasteiger partial charge on any atom is -0.497 e. The Labute approximate surface area is 190 Å². The van der Waals surface area contributed by atoms with Crippen LogP contribution >= 0.6 is 46.1 Å². The van der Waals surface area contributed by atoms with Gasteiger partial charge < -0.3 is 19.9 Å². The first-order valence-corrected chi connectivity index (χ1v) is 10.3. The molecular weight excluding hydrogens is 473 g/mol. The van der Waals surface area contributed by atoms with Gasteiger partial charge in [0, 0.05) is 10.9 Å². The normalized spacial score (nSPS) is 10.6. The zero-order chi connectivity index (χ0) is 22.0. The van der Waals surface area contributed by atoms with Gasteiger partial charge in [-0.05, 0) is 23.8 Å². The van der Waals surface area contributed by atoms with Crippen molar-refractivity contribution < 1.29 is 24.2 Å². The second-order valence-electron chi connectivity index (χ2n) is 5.90. The van der Waals surface area contributed by atoms with Crippen molar-refractivity contribution in [2.45, 2.75) is 0 Å². The summed E-state index contributed by atoms with van der Waals surface area (Å²) in [5.74, 6) is -1.15. The molecule has 0 aliphatic rings. The summed E-state index contributed by atoms with van der Waals surface area (Å²) in [6.45, 7) is 0. The lowest BCUT2D eigenvalue weighted by Crippen LogP contribution is -2.15. The smallest absolute Gasteiger partial charge is 0.339 e. The summed E-state index contributed by atoms with van der Waals surface area (Å²) < 4.78 is 10.2. The maximum absolute atomic E-state index is 12.9. The molecule has 10 heteroatoms. The maximum atomic E-state index is 12.9. The van der Waals surface area contributed by atoms with E-state index in [2.05, 4.69) is 5.32 Å². The van der Waals surface area contributed by atoms with Gasteiger partial charge in [-0.3, -0.25) is 4.79 Å². The van der Waals surface area contributed by atoms with E-state index in [0.717, 1.165) is 11.3 Å². The molecule has 156 valence electrons. The molecule has 0 aliphatic heterocycles. The number of nitrogens with one attached hydrogen (secondary N) is 1. The fourth-order valence-corrected chi connectivity index (χ4v) is 4.82. The molecule has 30 heavy (non-hydrogen) atoms. The van der Waals surface area contributed by atoms with Gasteiger partial charge in [0.05, 0.1) is 34.9 Å². The lowest BCUT2D eigenvalue weighted by Gasteiger charge is -2.13. The third-order valence-electron chi connectivity index (χ3n) is 4.19. The molecule has 0 atom stereocenters. The van der Waals surface area contributed by atoms with E-state index in [1.807, 2.05) is 0 Å². The highest BCUT2D eigenvalue weighted by Gasteiger charge is 2.25. The Morgan fingerprint density at radius 2 is 1.67 bits per heavy atom. The molecule has 0 saturated heterocycles. The number of carboxylic acids is 1. The van der Waals surface area contributed by atoms with Gasteiger partial charge in [-0.25, -0.2) is 4.79 Å². The van der Waals surface area contributed by atoms with E-state index >= 15 is 0 Å². The van der Waals surface area contributed by atoms with Gasteiger partial charge in [0.1, 0.15) is 16.3 Å². The highest BCUT2D eigenvalue weighted by Crippen LogP contribution is 2.41. The fourth-order valence-electron chi connectivity index (χ4n) is 2.78. The van der Waals surface area contributed by atoms with Crippen molar-refractivity contribution in [3.8, 4) is 22.6 Å². The number of carbonyl (C=O) groups is 2. The van der Waals surface area contributed by atoms with Crippen molar-refractivity contribution >= 4 is 63.0 Å². The van der Waals surface area contributed by atoms with Gasteiger partial charge >= 0.3 is 5.97 Å². The standard InChI is InChI=1S/C20H14Cl3NO5S/c1-28-10-5-3-9(4-6-10)11-8-30-19(14(11)20(26)27)24-18(25)15-12(21)7-13(22)17(29-2)16(15)23/h3-8H,1-2H3,(H,24,25)(H,26,27). The fraction of sp³-hybridized carbons (Fsp3) is 0.100. The topological polar surface area (TPSA) is 84.9 Å². The highest BCUT2D eigenvalue weighted by molar-refractivity contribution is 7.15. The Bertz CT molecular complexity index is 1130. The first-order valence-electron chi connectivity index (χ1n) is 8.30. The number of carboxylic acid groups (broad SMARTS) is 1. The summed E-state index contributed by atoms with van der Waals surface area (Å²) in [5.41, 5.74) is 0.993. The van der Waals surface area contributed by atoms with Crippen LogP contribution in [0.3, 0.4) is 0 Å². The summed E-state index contributed by atoms with van der Waals surface area (Å²) in [7, 11) is 2.89. The molecule has 0 spiro atoms. The van der Waals surface area contributed by atoms with E-state index < -0.39 is 11.9 Å². The summed E-state index contributed by atoms with van der Waals surface area (Å²) in [5, 5.41) is 14.2. The van der Waals surface area contributed by atoms with Crippen LogP contribution in [0.4, 0.5) is 5.00 Å². The molecule has 3 aromatic rings. The minimum atomic E-state index is -1.19. The number of halogens is 3. The van der Waals surface area contributed by atoms with Crippen LogP contribution in [0.5, 0.6) is 11.5 Å². The lowest BCUT2D eigenvalue weighted by molar-refractivity contribution is 0.0699. The SMILES string of the molecule is COc1ccc(-c2csc(NC(=O)c3c(Cl)cc(Cl)c(OC)c3Cl)c2C(=O)O)cc1. The average molecular weight is 487 g/mol. The van der Waals surface area contributed by atoms with Crippen molar-refractivity contribution in [1.29, 1.82) is 0 Å². The van der Waals surface area contributed by atoms with E-state index in [0.29, 0.717) is 16.9 Å². The molecule has 0 unspecified atom stereocenters. The Morgan fingerprint density at radius 3 is 2.23 bits per heavy atom. The molecular formula is C20H14Cl3NO5S. The molecule has 3 rings (SSSR count). The largest absolute Gasteiger partial charge is 0.497 e. The van der Waals surface area contributed by atoms with E-state index in [-0.39, 0.29) is 36.9 Å². The van der Waals surface area contributed by atoms with Crippen LogP contribution in [-0.2, 0) is 0 Å². The number of benzene rings is 2. The zero-order valence-electron chi connectivity index (χ0n) is 15.6. The predicted octanol–water partition coefficient (Wildman–Crippen LogP) is 6.34. The third kappa shape index (κ3) is 4.20. The number of hydrogen-bond donors (Lipinski definition) is 2. The molecule has 0 radical (unpaired) electrons. The van der Waals surface area contributed by atoms with Crippen LogP contribution in [0, 0.1) is 0 Å². The van der Waals surface area contributed by atoms with Gasteiger partial charge in [0.2, 0.25) is 0 Å².